The molecule has 8 heteroatoms. The number of piperidine rings is 1. The number of imidazole rings is 1. The minimum atomic E-state index is -0.436. The summed E-state index contributed by atoms with van der Waals surface area (Å²) in [5.74, 6) is 0.714. The minimum absolute atomic E-state index is 0.0552. The molecular formula is C26H35N5O3. The largest absolute Gasteiger partial charge is 0.338 e. The number of benzene rings is 1. The summed E-state index contributed by atoms with van der Waals surface area (Å²) in [7, 11) is 0. The molecule has 1 aromatic heterocycles. The Kier molecular flexibility index (Phi) is 6.48. The van der Waals surface area contributed by atoms with Crippen molar-refractivity contribution >= 4 is 11.9 Å². The minimum Gasteiger partial charge on any atom is -0.338 e. The van der Waals surface area contributed by atoms with Crippen molar-refractivity contribution in [3.63, 3.8) is 0 Å². The van der Waals surface area contributed by atoms with Gasteiger partial charge in [0.15, 0.2) is 0 Å². The Morgan fingerprint density at radius 2 is 1.76 bits per heavy atom. The van der Waals surface area contributed by atoms with Gasteiger partial charge in [-0.3, -0.25) is 9.36 Å². The number of amides is 3. The molecule has 0 bridgehead atoms. The van der Waals surface area contributed by atoms with E-state index in [1.54, 1.807) is 9.47 Å². The molecule has 0 radical (unpaired) electrons. The van der Waals surface area contributed by atoms with E-state index in [-0.39, 0.29) is 29.7 Å². The van der Waals surface area contributed by atoms with Crippen molar-refractivity contribution in [2.75, 3.05) is 19.6 Å². The zero-order valence-corrected chi connectivity index (χ0v) is 19.9. The van der Waals surface area contributed by atoms with E-state index in [4.69, 9.17) is 0 Å². The van der Waals surface area contributed by atoms with E-state index in [0.717, 1.165) is 30.6 Å². The Morgan fingerprint density at radius 1 is 1.03 bits per heavy atom. The molecule has 2 saturated heterocycles. The molecule has 2 aliphatic heterocycles. The number of nitrogens with one attached hydrogen (secondary N) is 2. The summed E-state index contributed by atoms with van der Waals surface area (Å²) in [6, 6.07) is 9.51. The highest BCUT2D eigenvalue weighted by Gasteiger charge is 2.36. The molecule has 0 unspecified atom stereocenters. The molecule has 0 spiro atoms. The fraction of sp³-hybridized carbons (Fsp3) is 0.577. The SMILES string of the molecule is C[C@H]1CCC[C@@H](NC(=O)N2CCC(n3cc(-c4ccccc4)[nH]c3=O)CC2)C(=O)N1CC1CC1. The monoisotopic (exact) mass is 465 g/mol. The lowest BCUT2D eigenvalue weighted by Gasteiger charge is -2.34. The fourth-order valence-electron chi connectivity index (χ4n) is 5.33. The first kappa shape index (κ1) is 22.7. The number of carbonyl (C=O) groups excluding carboxylic acids is 2. The van der Waals surface area contributed by atoms with Gasteiger partial charge in [0, 0.05) is 37.9 Å². The van der Waals surface area contributed by atoms with Crippen molar-refractivity contribution in [3.8, 4) is 11.3 Å². The van der Waals surface area contributed by atoms with E-state index < -0.39 is 6.04 Å². The number of rotatable bonds is 5. The van der Waals surface area contributed by atoms with Gasteiger partial charge in [-0.2, -0.15) is 0 Å². The van der Waals surface area contributed by atoms with Crippen LogP contribution in [-0.4, -0.2) is 63.0 Å². The normalized spacial score (nSPS) is 24.2. The molecule has 2 N–H and O–H groups in total. The molecule has 8 nitrogen and oxygen atoms in total. The molecule has 1 aromatic carbocycles. The summed E-state index contributed by atoms with van der Waals surface area (Å²) >= 11 is 0. The van der Waals surface area contributed by atoms with Gasteiger partial charge < -0.3 is 20.1 Å². The Bertz CT molecular complexity index is 1070. The Balaban J connectivity index is 1.18. The summed E-state index contributed by atoms with van der Waals surface area (Å²) in [6.45, 7) is 4.09. The number of aromatic nitrogens is 2. The maximum atomic E-state index is 13.2. The van der Waals surface area contributed by atoms with Gasteiger partial charge in [-0.25, -0.2) is 9.59 Å². The van der Waals surface area contributed by atoms with Crippen molar-refractivity contribution < 1.29 is 9.59 Å². The first-order valence-corrected chi connectivity index (χ1v) is 12.7. The van der Waals surface area contributed by atoms with Crippen LogP contribution in [0.5, 0.6) is 0 Å². The van der Waals surface area contributed by atoms with E-state index >= 15 is 0 Å². The number of aromatic amines is 1. The number of carbonyl (C=O) groups is 2. The lowest BCUT2D eigenvalue weighted by Crippen LogP contribution is -2.54. The van der Waals surface area contributed by atoms with Crippen LogP contribution in [0.25, 0.3) is 11.3 Å². The van der Waals surface area contributed by atoms with Gasteiger partial charge in [-0.05, 0) is 63.4 Å². The van der Waals surface area contributed by atoms with E-state index in [2.05, 4.69) is 17.2 Å². The van der Waals surface area contributed by atoms with E-state index in [9.17, 15) is 14.4 Å². The van der Waals surface area contributed by atoms with Crippen LogP contribution in [0.1, 0.15) is 57.9 Å². The Hall–Kier alpha value is -3.03. The summed E-state index contributed by atoms with van der Waals surface area (Å²) in [4.78, 5) is 45.5. The number of hydrogen-bond acceptors (Lipinski definition) is 3. The van der Waals surface area contributed by atoms with Gasteiger partial charge >= 0.3 is 11.7 Å². The van der Waals surface area contributed by atoms with Gasteiger partial charge in [0.05, 0.1) is 5.69 Å². The van der Waals surface area contributed by atoms with Crippen LogP contribution in [0.2, 0.25) is 0 Å². The topological polar surface area (TPSA) is 90.4 Å². The second kappa shape index (κ2) is 9.68. The smallest absolute Gasteiger partial charge is 0.326 e. The average molecular weight is 466 g/mol. The van der Waals surface area contributed by atoms with Crippen molar-refractivity contribution in [1.82, 2.24) is 24.7 Å². The van der Waals surface area contributed by atoms with Gasteiger partial charge in [0.1, 0.15) is 6.04 Å². The highest BCUT2D eigenvalue weighted by atomic mass is 16.2. The van der Waals surface area contributed by atoms with Gasteiger partial charge in [-0.1, -0.05) is 30.3 Å². The van der Waals surface area contributed by atoms with Crippen LogP contribution >= 0.6 is 0 Å². The highest BCUT2D eigenvalue weighted by molar-refractivity contribution is 5.87. The molecule has 1 saturated carbocycles. The second-order valence-electron chi connectivity index (χ2n) is 10.2. The summed E-state index contributed by atoms with van der Waals surface area (Å²) < 4.78 is 1.77. The molecule has 1 aliphatic carbocycles. The Labute approximate surface area is 200 Å². The molecule has 3 aliphatic rings. The van der Waals surface area contributed by atoms with E-state index in [0.29, 0.717) is 38.3 Å². The van der Waals surface area contributed by atoms with E-state index in [1.165, 1.54) is 12.8 Å². The van der Waals surface area contributed by atoms with Crippen LogP contribution in [-0.2, 0) is 4.79 Å². The zero-order valence-electron chi connectivity index (χ0n) is 19.9. The number of H-pyrrole nitrogens is 1. The lowest BCUT2D eigenvalue weighted by atomic mass is 10.0. The lowest BCUT2D eigenvalue weighted by molar-refractivity contribution is -0.134. The molecule has 3 heterocycles. The molecular weight excluding hydrogens is 430 g/mol. The number of hydrogen-bond donors (Lipinski definition) is 2. The third-order valence-corrected chi connectivity index (χ3v) is 7.65. The predicted molar refractivity (Wildman–Crippen MR) is 130 cm³/mol. The third kappa shape index (κ3) is 4.91. The van der Waals surface area contributed by atoms with Crippen molar-refractivity contribution in [3.05, 3.63) is 47.0 Å². The van der Waals surface area contributed by atoms with Crippen molar-refractivity contribution in [2.24, 2.45) is 5.92 Å². The van der Waals surface area contributed by atoms with Crippen LogP contribution in [0, 0.1) is 5.92 Å². The first-order valence-electron chi connectivity index (χ1n) is 12.7. The standard InChI is InChI=1S/C26H35N5O3/c1-18-6-5-9-22(24(32)30(18)16-19-10-11-19)27-25(33)29-14-12-21(13-15-29)31-17-23(28-26(31)34)20-7-3-2-4-8-20/h2-4,7-8,17-19,21-22H,5-6,9-16H2,1H3,(H,27,33)(H,28,34)/t18-,22+/m0/s1. The van der Waals surface area contributed by atoms with Crippen LogP contribution in [0.3, 0.4) is 0 Å². The van der Waals surface area contributed by atoms with Gasteiger partial charge in [0.25, 0.3) is 0 Å². The van der Waals surface area contributed by atoms with Crippen molar-refractivity contribution in [1.29, 1.82) is 0 Å². The maximum absolute atomic E-state index is 13.2. The highest BCUT2D eigenvalue weighted by Crippen LogP contribution is 2.32. The Morgan fingerprint density at radius 3 is 2.47 bits per heavy atom. The summed E-state index contributed by atoms with van der Waals surface area (Å²) in [6.07, 6.45) is 8.37. The molecule has 5 rings (SSSR count). The average Bonchev–Trinajstić information content (AvgIpc) is 3.62. The number of nitrogens with zero attached hydrogens (tertiary/aromatic N) is 3. The van der Waals surface area contributed by atoms with E-state index in [1.807, 2.05) is 41.4 Å². The fourth-order valence-corrected chi connectivity index (χ4v) is 5.33. The second-order valence-corrected chi connectivity index (χ2v) is 10.2. The number of urea groups is 1. The van der Waals surface area contributed by atoms with Gasteiger partial charge in [-0.15, -0.1) is 0 Å². The molecule has 34 heavy (non-hydrogen) atoms. The van der Waals surface area contributed by atoms with Gasteiger partial charge in [0.2, 0.25) is 5.91 Å². The predicted octanol–water partition coefficient (Wildman–Crippen LogP) is 3.37. The first-order chi connectivity index (χ1) is 16.5. The molecule has 2 aromatic rings. The molecule has 2 atom stereocenters. The van der Waals surface area contributed by atoms with Crippen LogP contribution in [0.15, 0.2) is 41.3 Å². The zero-order chi connectivity index (χ0) is 23.7. The molecule has 3 amide bonds. The summed E-state index contributed by atoms with van der Waals surface area (Å²) in [5, 5.41) is 3.04. The van der Waals surface area contributed by atoms with Crippen LogP contribution in [0.4, 0.5) is 4.79 Å². The maximum Gasteiger partial charge on any atom is 0.326 e. The third-order valence-electron chi connectivity index (χ3n) is 7.65. The van der Waals surface area contributed by atoms with Crippen molar-refractivity contribution in [2.45, 2.75) is 70.0 Å². The van der Waals surface area contributed by atoms with Crippen LogP contribution < -0.4 is 11.0 Å². The number of likely N-dealkylation sites (tertiary alicyclic amines) is 2. The quantitative estimate of drug-likeness (QED) is 0.709. The molecule has 3 fully saturated rings. The summed E-state index contributed by atoms with van der Waals surface area (Å²) in [5.41, 5.74) is 1.67. The molecule has 182 valence electrons.